The first-order valence-electron chi connectivity index (χ1n) is 7.87. The summed E-state index contributed by atoms with van der Waals surface area (Å²) in [5, 5.41) is 0. The maximum Gasteiger partial charge on any atom is 0.340 e. The molecule has 3 N–H and O–H groups in total. The molecule has 0 saturated heterocycles. The highest BCUT2D eigenvalue weighted by Gasteiger charge is 2.30. The lowest BCUT2D eigenvalue weighted by Gasteiger charge is -2.11. The van der Waals surface area contributed by atoms with Gasteiger partial charge in [0, 0.05) is 0 Å². The smallest absolute Gasteiger partial charge is 0.324 e. The molecule has 0 rings (SSSR count). The zero-order chi connectivity index (χ0) is 18.8. The Kier molecular flexibility index (Phi) is 11.0. The van der Waals surface area contributed by atoms with E-state index in [0.717, 1.165) is 31.3 Å². The van der Waals surface area contributed by atoms with Crippen LogP contribution in [0, 0.1) is 0 Å². The molecule has 0 radical (unpaired) electrons. The Morgan fingerprint density at radius 1 is 0.875 bits per heavy atom. The molecule has 1 unspecified atom stereocenters. The van der Waals surface area contributed by atoms with Crippen molar-refractivity contribution in [1.29, 1.82) is 0 Å². The van der Waals surface area contributed by atoms with Crippen molar-refractivity contribution in [1.82, 2.24) is 0 Å². The van der Waals surface area contributed by atoms with Crippen LogP contribution >= 0.6 is 15.2 Å². The fourth-order valence-corrected chi connectivity index (χ4v) is 4.41. The third-order valence-electron chi connectivity index (χ3n) is 3.19. The molecule has 0 saturated carbocycles. The second-order valence-electron chi connectivity index (χ2n) is 6.20. The highest BCUT2D eigenvalue weighted by molar-refractivity contribution is 7.70. The van der Waals surface area contributed by atoms with Gasteiger partial charge < -0.3 is 19.2 Å². The number of hydrogen-bond donors (Lipinski definition) is 3. The van der Waals surface area contributed by atoms with E-state index in [1.165, 1.54) is 11.1 Å². The molecule has 24 heavy (non-hydrogen) atoms. The van der Waals surface area contributed by atoms with E-state index < -0.39 is 21.1 Å². The molecule has 0 amide bonds. The maximum absolute atomic E-state index is 11.5. The molecule has 0 bridgehead atoms. The first-order valence-corrected chi connectivity index (χ1v) is 11.4. The van der Waals surface area contributed by atoms with E-state index in [4.69, 9.17) is 14.3 Å². The number of hydrogen-bond acceptors (Lipinski definition) is 3. The van der Waals surface area contributed by atoms with Crippen LogP contribution in [-0.2, 0) is 13.7 Å². The van der Waals surface area contributed by atoms with Crippen molar-refractivity contribution in [3.05, 3.63) is 34.9 Å². The predicted octanol–water partition coefficient (Wildman–Crippen LogP) is 4.74. The average Bonchev–Trinajstić information content (AvgIpc) is 2.34. The van der Waals surface area contributed by atoms with Crippen LogP contribution in [0.5, 0.6) is 0 Å². The summed E-state index contributed by atoms with van der Waals surface area (Å²) in [6.45, 7) is 8.02. The van der Waals surface area contributed by atoms with Crippen molar-refractivity contribution in [3.8, 4) is 0 Å². The van der Waals surface area contributed by atoms with Gasteiger partial charge in [0.05, 0.1) is 6.61 Å². The fourth-order valence-electron chi connectivity index (χ4n) is 1.91. The number of allylic oxidation sites excluding steroid dienone is 5. The Hall–Kier alpha value is -0.480. The third-order valence-corrected chi connectivity index (χ3v) is 6.65. The van der Waals surface area contributed by atoms with Crippen LogP contribution in [0.1, 0.15) is 53.4 Å². The summed E-state index contributed by atoms with van der Waals surface area (Å²) in [6.07, 6.45) is 9.81. The molecule has 0 heterocycles. The van der Waals surface area contributed by atoms with Gasteiger partial charge in [-0.25, -0.2) is 0 Å². The normalized spacial score (nSPS) is 16.0. The molecule has 1 atom stereocenters. The molecular formula is C16H30O6P2. The van der Waals surface area contributed by atoms with Gasteiger partial charge in [-0.15, -0.1) is 0 Å². The highest BCUT2D eigenvalue weighted by Crippen LogP contribution is 2.55. The second-order valence-corrected chi connectivity index (χ2v) is 10.2. The van der Waals surface area contributed by atoms with Crippen LogP contribution in [0.25, 0.3) is 0 Å². The van der Waals surface area contributed by atoms with Crippen LogP contribution in [-0.4, -0.2) is 27.2 Å². The Balaban J connectivity index is 4.18. The standard InChI is InChI=1S/C16H30O6P2/c1-14(2)7-5-8-15(3)9-6-10-16(4)11-12-22-24(20,21)13-23(17,18)19/h7,9,11H,5-6,8,10,12-13H2,1-4H3,(H,20,21)(H2,17,18,19)/b15-9+,16-11+. The van der Waals surface area contributed by atoms with E-state index in [9.17, 15) is 14.0 Å². The summed E-state index contributed by atoms with van der Waals surface area (Å²) < 4.78 is 26.9. The molecule has 0 aromatic carbocycles. The van der Waals surface area contributed by atoms with Gasteiger partial charge in [-0.2, -0.15) is 0 Å². The van der Waals surface area contributed by atoms with Gasteiger partial charge >= 0.3 is 15.2 Å². The van der Waals surface area contributed by atoms with Crippen molar-refractivity contribution in [2.24, 2.45) is 0 Å². The minimum atomic E-state index is -4.57. The van der Waals surface area contributed by atoms with Gasteiger partial charge in [-0.1, -0.05) is 34.9 Å². The molecule has 0 aliphatic heterocycles. The zero-order valence-electron chi connectivity index (χ0n) is 14.9. The van der Waals surface area contributed by atoms with Crippen molar-refractivity contribution in [2.75, 3.05) is 12.5 Å². The molecule has 0 aromatic rings. The van der Waals surface area contributed by atoms with Gasteiger partial charge in [0.15, 0.2) is 5.90 Å². The third kappa shape index (κ3) is 15.1. The van der Waals surface area contributed by atoms with Crippen molar-refractivity contribution < 1.29 is 28.3 Å². The Morgan fingerprint density at radius 3 is 1.88 bits per heavy atom. The van der Waals surface area contributed by atoms with E-state index in [1.54, 1.807) is 6.08 Å². The molecule has 0 spiro atoms. The quantitative estimate of drug-likeness (QED) is 0.353. The number of rotatable bonds is 11. The average molecular weight is 380 g/mol. The first kappa shape index (κ1) is 23.5. The van der Waals surface area contributed by atoms with Gasteiger partial charge in [0.25, 0.3) is 0 Å². The fraction of sp³-hybridized carbons (Fsp3) is 0.625. The van der Waals surface area contributed by atoms with Crippen LogP contribution < -0.4 is 0 Å². The molecule has 0 aromatic heterocycles. The topological polar surface area (TPSA) is 104 Å². The van der Waals surface area contributed by atoms with Gasteiger partial charge in [-0.05, 0) is 53.4 Å². The molecule has 8 heteroatoms. The maximum atomic E-state index is 11.5. The minimum absolute atomic E-state index is 0.136. The minimum Gasteiger partial charge on any atom is -0.324 e. The summed E-state index contributed by atoms with van der Waals surface area (Å²) in [7, 11) is -8.82. The Bertz CT molecular complexity index is 567. The van der Waals surface area contributed by atoms with Crippen LogP contribution in [0.15, 0.2) is 34.9 Å². The van der Waals surface area contributed by atoms with Gasteiger partial charge in [0.2, 0.25) is 0 Å². The summed E-state index contributed by atoms with van der Waals surface area (Å²) in [4.78, 5) is 26.7. The molecule has 0 aliphatic carbocycles. The molecular weight excluding hydrogens is 350 g/mol. The SMILES string of the molecule is CC(C)=CCC/C(C)=C/CC/C(C)=C/COP(=O)(O)CP(=O)(O)O. The molecule has 6 nitrogen and oxygen atoms in total. The molecule has 0 aliphatic rings. The van der Waals surface area contributed by atoms with E-state index in [1.807, 2.05) is 6.92 Å². The van der Waals surface area contributed by atoms with E-state index >= 15 is 0 Å². The lowest BCUT2D eigenvalue weighted by molar-refractivity contribution is 0.287. The summed E-state index contributed by atoms with van der Waals surface area (Å²) in [5.41, 5.74) is 3.65. The van der Waals surface area contributed by atoms with Gasteiger partial charge in [-0.3, -0.25) is 9.13 Å². The van der Waals surface area contributed by atoms with Crippen molar-refractivity contribution >= 4 is 15.2 Å². The van der Waals surface area contributed by atoms with E-state index in [2.05, 4.69) is 32.9 Å². The first-order chi connectivity index (χ1) is 10.9. The lowest BCUT2D eigenvalue weighted by atomic mass is 10.1. The highest BCUT2D eigenvalue weighted by atomic mass is 31.2. The Labute approximate surface area is 145 Å². The van der Waals surface area contributed by atoms with Crippen molar-refractivity contribution in [3.63, 3.8) is 0 Å². The van der Waals surface area contributed by atoms with Crippen molar-refractivity contribution in [2.45, 2.75) is 53.4 Å². The van der Waals surface area contributed by atoms with E-state index in [-0.39, 0.29) is 6.61 Å². The van der Waals surface area contributed by atoms with Gasteiger partial charge in [0.1, 0.15) is 0 Å². The lowest BCUT2D eigenvalue weighted by Crippen LogP contribution is -1.96. The van der Waals surface area contributed by atoms with Crippen LogP contribution in [0.4, 0.5) is 0 Å². The zero-order valence-corrected chi connectivity index (χ0v) is 16.7. The van der Waals surface area contributed by atoms with Crippen LogP contribution in [0.3, 0.4) is 0 Å². The summed E-state index contributed by atoms with van der Waals surface area (Å²) in [6, 6.07) is 0. The molecule has 140 valence electrons. The van der Waals surface area contributed by atoms with E-state index in [0.29, 0.717) is 0 Å². The summed E-state index contributed by atoms with van der Waals surface area (Å²) in [5.74, 6) is -1.15. The van der Waals surface area contributed by atoms with Crippen LogP contribution in [0.2, 0.25) is 0 Å². The predicted molar refractivity (Wildman–Crippen MR) is 98.1 cm³/mol. The largest absolute Gasteiger partial charge is 0.340 e. The Morgan fingerprint density at radius 2 is 1.38 bits per heavy atom. The second kappa shape index (κ2) is 11.2. The molecule has 0 fully saturated rings. The summed E-state index contributed by atoms with van der Waals surface area (Å²) >= 11 is 0. The monoisotopic (exact) mass is 380 g/mol.